The van der Waals surface area contributed by atoms with Gasteiger partial charge in [-0.1, -0.05) is 109 Å². The molecule has 1 aliphatic rings. The minimum absolute atomic E-state index is 0.210. The lowest BCUT2D eigenvalue weighted by Gasteiger charge is -2.25. The van der Waals surface area contributed by atoms with Crippen molar-refractivity contribution in [1.82, 2.24) is 9.88 Å². The van der Waals surface area contributed by atoms with Crippen LogP contribution in [0.5, 0.6) is 0 Å². The second-order valence-electron chi connectivity index (χ2n) is 11.3. The van der Waals surface area contributed by atoms with Gasteiger partial charge in [0, 0.05) is 33.3 Å². The molecule has 8 aromatic rings. The van der Waals surface area contributed by atoms with Crippen LogP contribution in [0.3, 0.4) is 0 Å². The third kappa shape index (κ3) is 3.96. The molecular formula is C40H27N3O. The van der Waals surface area contributed by atoms with Gasteiger partial charge in [-0.2, -0.15) is 0 Å². The predicted octanol–water partition coefficient (Wildman–Crippen LogP) is 9.95. The lowest BCUT2D eigenvalue weighted by Crippen LogP contribution is -2.27. The Balaban J connectivity index is 1.24. The van der Waals surface area contributed by atoms with Crippen molar-refractivity contribution < 1.29 is 4.42 Å². The third-order valence-corrected chi connectivity index (χ3v) is 8.64. The number of nitrogens with zero attached hydrogens (tertiary/aromatic N) is 2. The molecule has 6 aromatic carbocycles. The van der Waals surface area contributed by atoms with Gasteiger partial charge in [-0.05, 0) is 58.7 Å². The fraction of sp³-hybridized carbons (Fsp3) is 0.0250. The number of hydrogen-bond donors (Lipinski definition) is 1. The molecule has 208 valence electrons. The molecule has 9 rings (SSSR count). The lowest BCUT2D eigenvalue weighted by atomic mass is 10.0. The van der Waals surface area contributed by atoms with E-state index in [1.165, 1.54) is 16.3 Å². The van der Waals surface area contributed by atoms with Crippen LogP contribution in [-0.4, -0.2) is 10.4 Å². The van der Waals surface area contributed by atoms with Crippen molar-refractivity contribution in [2.45, 2.75) is 6.17 Å². The van der Waals surface area contributed by atoms with E-state index in [0.717, 1.165) is 61.2 Å². The number of para-hydroxylation sites is 2. The first-order valence-corrected chi connectivity index (χ1v) is 14.9. The van der Waals surface area contributed by atoms with Crippen molar-refractivity contribution in [3.63, 3.8) is 0 Å². The Hall–Kier alpha value is -5.87. The van der Waals surface area contributed by atoms with Gasteiger partial charge in [0.05, 0.1) is 11.0 Å². The van der Waals surface area contributed by atoms with Crippen LogP contribution < -0.4 is 5.32 Å². The summed E-state index contributed by atoms with van der Waals surface area (Å²) in [6.07, 6.45) is 1.96. The predicted molar refractivity (Wildman–Crippen MR) is 182 cm³/mol. The zero-order valence-corrected chi connectivity index (χ0v) is 23.8. The molecule has 44 heavy (non-hydrogen) atoms. The van der Waals surface area contributed by atoms with Crippen LogP contribution in [0.2, 0.25) is 0 Å². The average molecular weight is 566 g/mol. The van der Waals surface area contributed by atoms with Crippen LogP contribution in [0, 0.1) is 0 Å². The largest absolute Gasteiger partial charge is 0.456 e. The normalized spacial score (nSPS) is 15.0. The Kier molecular flexibility index (Phi) is 5.53. The maximum Gasteiger partial charge on any atom is 0.147 e. The Morgan fingerprint density at radius 2 is 1.16 bits per heavy atom. The summed E-state index contributed by atoms with van der Waals surface area (Å²) in [5.41, 5.74) is 9.71. The fourth-order valence-corrected chi connectivity index (χ4v) is 6.52. The number of fused-ring (bicyclic) bond motifs is 6. The molecule has 0 saturated carbocycles. The maximum atomic E-state index is 6.10. The maximum absolute atomic E-state index is 6.10. The van der Waals surface area contributed by atoms with Gasteiger partial charge in [0.15, 0.2) is 0 Å². The summed E-state index contributed by atoms with van der Waals surface area (Å²) >= 11 is 0. The zero-order valence-electron chi connectivity index (χ0n) is 23.8. The summed E-state index contributed by atoms with van der Waals surface area (Å²) in [5.74, 6) is 0.904. The molecule has 1 aliphatic heterocycles. The molecule has 0 radical (unpaired) electrons. The smallest absolute Gasteiger partial charge is 0.147 e. The quantitative estimate of drug-likeness (QED) is 0.232. The van der Waals surface area contributed by atoms with E-state index in [1.807, 2.05) is 24.3 Å². The fourth-order valence-electron chi connectivity index (χ4n) is 6.52. The Morgan fingerprint density at radius 3 is 2.00 bits per heavy atom. The second kappa shape index (κ2) is 9.85. The highest BCUT2D eigenvalue weighted by atomic mass is 16.3. The summed E-state index contributed by atoms with van der Waals surface area (Å²) < 4.78 is 8.40. The standard InChI is InChI=1S/C40H27N3O/c1-3-11-26(12-4-1)34-25-39(42-40(41-34)27-13-5-2-6-14-27)43-35-17-9-7-15-30(35)32-23-28(19-21-36(32)43)29-20-22-38-33(24-29)31-16-8-10-18-37(31)44-38/h1-25,40-41H. The number of aromatic nitrogens is 1. The van der Waals surface area contributed by atoms with Gasteiger partial charge in [0.2, 0.25) is 0 Å². The van der Waals surface area contributed by atoms with Gasteiger partial charge < -0.3 is 9.73 Å². The molecule has 0 spiro atoms. The van der Waals surface area contributed by atoms with Gasteiger partial charge in [-0.15, -0.1) is 0 Å². The third-order valence-electron chi connectivity index (χ3n) is 8.64. The second-order valence-corrected chi connectivity index (χ2v) is 11.3. The number of hydrogen-bond acceptors (Lipinski definition) is 3. The molecule has 0 fully saturated rings. The molecule has 3 heterocycles. The molecule has 0 saturated heterocycles. The van der Waals surface area contributed by atoms with E-state index in [0.29, 0.717) is 0 Å². The highest BCUT2D eigenvalue weighted by Crippen LogP contribution is 2.37. The molecule has 4 nitrogen and oxygen atoms in total. The SMILES string of the molecule is C1=C(c2ccccc2)NC(c2ccccc2)N=C1n1c2ccccc2c2cc(-c3ccc4oc5ccccc5c4c3)ccc21. The van der Waals surface area contributed by atoms with E-state index in [2.05, 4.69) is 137 Å². The van der Waals surface area contributed by atoms with E-state index >= 15 is 0 Å². The van der Waals surface area contributed by atoms with Gasteiger partial charge in [0.1, 0.15) is 23.2 Å². The zero-order chi connectivity index (χ0) is 29.0. The lowest BCUT2D eigenvalue weighted by molar-refractivity contribution is 0.660. The highest BCUT2D eigenvalue weighted by molar-refractivity contribution is 6.18. The first-order chi connectivity index (χ1) is 21.8. The summed E-state index contributed by atoms with van der Waals surface area (Å²) in [6, 6.07) is 51.0. The van der Waals surface area contributed by atoms with Gasteiger partial charge in [-0.25, -0.2) is 4.99 Å². The van der Waals surface area contributed by atoms with E-state index in [9.17, 15) is 0 Å². The van der Waals surface area contributed by atoms with Crippen LogP contribution in [0.15, 0.2) is 161 Å². The van der Waals surface area contributed by atoms with Crippen LogP contribution >= 0.6 is 0 Å². The number of rotatable bonds is 3. The van der Waals surface area contributed by atoms with Crippen LogP contribution in [0.1, 0.15) is 17.3 Å². The van der Waals surface area contributed by atoms with Crippen molar-refractivity contribution in [1.29, 1.82) is 0 Å². The summed E-state index contributed by atoms with van der Waals surface area (Å²) in [7, 11) is 0. The van der Waals surface area contributed by atoms with E-state index < -0.39 is 0 Å². The molecule has 1 atom stereocenters. The van der Waals surface area contributed by atoms with Crippen molar-refractivity contribution in [2.24, 2.45) is 4.99 Å². The summed E-state index contributed by atoms with van der Waals surface area (Å²) in [6.45, 7) is 0. The van der Waals surface area contributed by atoms with E-state index in [1.54, 1.807) is 0 Å². The van der Waals surface area contributed by atoms with Gasteiger partial charge in [0.25, 0.3) is 0 Å². The Labute approximate surface area is 254 Å². The first-order valence-electron chi connectivity index (χ1n) is 14.9. The number of nitrogens with one attached hydrogen (secondary N) is 1. The van der Waals surface area contributed by atoms with Crippen molar-refractivity contribution in [3.8, 4) is 11.1 Å². The minimum atomic E-state index is -0.210. The van der Waals surface area contributed by atoms with E-state index in [4.69, 9.17) is 9.41 Å². The van der Waals surface area contributed by atoms with Crippen molar-refractivity contribution in [2.75, 3.05) is 0 Å². The van der Waals surface area contributed by atoms with Crippen molar-refractivity contribution >= 4 is 55.3 Å². The molecule has 0 amide bonds. The minimum Gasteiger partial charge on any atom is -0.456 e. The molecule has 2 aromatic heterocycles. The molecule has 1 N–H and O–H groups in total. The molecule has 4 heteroatoms. The molecular weight excluding hydrogens is 538 g/mol. The highest BCUT2D eigenvalue weighted by Gasteiger charge is 2.22. The van der Waals surface area contributed by atoms with E-state index in [-0.39, 0.29) is 6.17 Å². The van der Waals surface area contributed by atoms with Crippen LogP contribution in [-0.2, 0) is 0 Å². The van der Waals surface area contributed by atoms with Crippen molar-refractivity contribution in [3.05, 3.63) is 163 Å². The van der Waals surface area contributed by atoms with Crippen LogP contribution in [0.4, 0.5) is 0 Å². The molecule has 1 unspecified atom stereocenters. The number of allylic oxidation sites excluding steroid dienone is 1. The average Bonchev–Trinajstić information content (AvgIpc) is 3.64. The Morgan fingerprint density at radius 1 is 0.523 bits per heavy atom. The first kappa shape index (κ1) is 24.7. The topological polar surface area (TPSA) is 42.5 Å². The molecule has 0 aliphatic carbocycles. The summed E-state index contributed by atoms with van der Waals surface area (Å²) in [5, 5.41) is 8.35. The van der Waals surface area contributed by atoms with Crippen LogP contribution in [0.25, 0.3) is 60.6 Å². The monoisotopic (exact) mass is 565 g/mol. The van der Waals surface area contributed by atoms with Gasteiger partial charge in [-0.3, -0.25) is 4.57 Å². The van der Waals surface area contributed by atoms with Gasteiger partial charge >= 0.3 is 0 Å². The Bertz CT molecular complexity index is 2410. The number of benzene rings is 6. The summed E-state index contributed by atoms with van der Waals surface area (Å²) in [4.78, 5) is 5.29. The number of aliphatic imine (C=N–C) groups is 1. The molecule has 0 bridgehead atoms. The number of furan rings is 1.